The number of para-hydroxylation sites is 1. The molecule has 0 aliphatic heterocycles. The van der Waals surface area contributed by atoms with Crippen LogP contribution in [-0.2, 0) is 6.42 Å². The minimum absolute atomic E-state index is 0.224. The molecule has 112 valence electrons. The lowest BCUT2D eigenvalue weighted by atomic mass is 9.94. The Morgan fingerprint density at radius 2 is 1.43 bits per heavy atom. The van der Waals surface area contributed by atoms with Gasteiger partial charge in [-0.2, -0.15) is 0 Å². The maximum atomic E-state index is 9.17. The van der Waals surface area contributed by atoms with Crippen molar-refractivity contribution in [2.45, 2.75) is 18.4 Å². The van der Waals surface area contributed by atoms with Crippen molar-refractivity contribution in [1.29, 1.82) is 0 Å². The number of aliphatic hydroxyl groups excluding tert-OH is 2. The van der Waals surface area contributed by atoms with E-state index in [9.17, 15) is 0 Å². The van der Waals surface area contributed by atoms with Crippen molar-refractivity contribution in [2.75, 3.05) is 13.2 Å². The van der Waals surface area contributed by atoms with Crippen LogP contribution >= 0.6 is 0 Å². The molecule has 0 spiro atoms. The number of aliphatic hydroxyl groups is 2. The van der Waals surface area contributed by atoms with E-state index in [-0.39, 0.29) is 13.2 Å². The lowest BCUT2D eigenvalue weighted by molar-refractivity contribution is 0.115. The van der Waals surface area contributed by atoms with Gasteiger partial charge in [0, 0.05) is 0 Å². The molecule has 4 nitrogen and oxygen atoms in total. The van der Waals surface area contributed by atoms with E-state index >= 15 is 0 Å². The number of benzene rings is 2. The molecule has 4 N–H and O–H groups in total. The van der Waals surface area contributed by atoms with Crippen molar-refractivity contribution in [3.63, 3.8) is 0 Å². The van der Waals surface area contributed by atoms with Gasteiger partial charge in [-0.25, -0.2) is 0 Å². The number of hydrogen-bond acceptors (Lipinski definition) is 4. The van der Waals surface area contributed by atoms with E-state index in [4.69, 9.17) is 20.7 Å². The first-order valence-corrected chi connectivity index (χ1v) is 6.98. The molecule has 0 radical (unpaired) electrons. The van der Waals surface area contributed by atoms with Crippen LogP contribution in [0.5, 0.6) is 11.5 Å². The minimum atomic E-state index is -0.917. The Kier molecular flexibility index (Phi) is 5.33. The average Bonchev–Trinajstić information content (AvgIpc) is 2.55. The molecule has 0 heterocycles. The van der Waals surface area contributed by atoms with Gasteiger partial charge in [-0.15, -0.1) is 0 Å². The van der Waals surface area contributed by atoms with Crippen molar-refractivity contribution in [1.82, 2.24) is 0 Å². The Morgan fingerprint density at radius 3 is 2.00 bits per heavy atom. The number of hydrogen-bond donors (Lipinski definition) is 3. The van der Waals surface area contributed by atoms with Crippen LogP contribution in [0.4, 0.5) is 0 Å². The fraction of sp³-hybridized carbons (Fsp3) is 0.294. The SMILES string of the molecule is NC(CO)(CO)CCc1ccc(Oc2ccccc2)cc1. The standard InChI is InChI=1S/C17H21NO3/c18-17(12-19,13-20)11-10-14-6-8-16(9-7-14)21-15-4-2-1-3-5-15/h1-9,19-20H,10-13,18H2. The second kappa shape index (κ2) is 7.22. The highest BCUT2D eigenvalue weighted by Crippen LogP contribution is 2.22. The van der Waals surface area contributed by atoms with E-state index in [1.54, 1.807) is 0 Å². The number of aryl methyl sites for hydroxylation is 1. The Labute approximate surface area is 124 Å². The largest absolute Gasteiger partial charge is 0.457 e. The van der Waals surface area contributed by atoms with Crippen LogP contribution in [0.3, 0.4) is 0 Å². The molecule has 0 aliphatic rings. The van der Waals surface area contributed by atoms with Gasteiger partial charge in [0.25, 0.3) is 0 Å². The topological polar surface area (TPSA) is 75.7 Å². The van der Waals surface area contributed by atoms with E-state index in [2.05, 4.69) is 0 Å². The summed E-state index contributed by atoms with van der Waals surface area (Å²) in [4.78, 5) is 0. The Bertz CT molecular complexity index is 536. The van der Waals surface area contributed by atoms with Gasteiger partial charge in [0.05, 0.1) is 18.8 Å². The Morgan fingerprint density at radius 1 is 0.857 bits per heavy atom. The first-order chi connectivity index (χ1) is 10.1. The molecule has 2 aromatic carbocycles. The van der Waals surface area contributed by atoms with E-state index in [0.717, 1.165) is 17.1 Å². The van der Waals surface area contributed by atoms with Crippen LogP contribution < -0.4 is 10.5 Å². The van der Waals surface area contributed by atoms with Crippen LogP contribution in [-0.4, -0.2) is 29.0 Å². The summed E-state index contributed by atoms with van der Waals surface area (Å²) in [6.45, 7) is -0.447. The first-order valence-electron chi connectivity index (χ1n) is 6.98. The second-order valence-electron chi connectivity index (χ2n) is 5.24. The second-order valence-corrected chi connectivity index (χ2v) is 5.24. The van der Waals surface area contributed by atoms with Crippen LogP contribution in [0.15, 0.2) is 54.6 Å². The van der Waals surface area contributed by atoms with E-state index in [1.165, 1.54) is 0 Å². The van der Waals surface area contributed by atoms with E-state index in [0.29, 0.717) is 12.8 Å². The summed E-state index contributed by atoms with van der Waals surface area (Å²) in [6, 6.07) is 17.3. The molecule has 0 fully saturated rings. The Balaban J connectivity index is 1.93. The molecule has 0 aliphatic carbocycles. The average molecular weight is 287 g/mol. The molecule has 21 heavy (non-hydrogen) atoms. The Hall–Kier alpha value is -1.88. The maximum Gasteiger partial charge on any atom is 0.127 e. The van der Waals surface area contributed by atoms with Crippen molar-refractivity contribution in [3.05, 3.63) is 60.2 Å². The number of nitrogens with two attached hydrogens (primary N) is 1. The lowest BCUT2D eigenvalue weighted by Crippen LogP contribution is -2.47. The quantitative estimate of drug-likeness (QED) is 0.729. The van der Waals surface area contributed by atoms with Crippen molar-refractivity contribution < 1.29 is 14.9 Å². The highest BCUT2D eigenvalue weighted by atomic mass is 16.5. The lowest BCUT2D eigenvalue weighted by Gasteiger charge is -2.24. The van der Waals surface area contributed by atoms with Gasteiger partial charge in [0.2, 0.25) is 0 Å². The fourth-order valence-electron chi connectivity index (χ4n) is 1.95. The van der Waals surface area contributed by atoms with E-state index < -0.39 is 5.54 Å². The molecule has 4 heteroatoms. The predicted octanol–water partition coefficient (Wildman–Crippen LogP) is 2.09. The van der Waals surface area contributed by atoms with Gasteiger partial charge in [-0.05, 0) is 42.7 Å². The summed E-state index contributed by atoms with van der Waals surface area (Å²) in [5, 5.41) is 18.3. The van der Waals surface area contributed by atoms with Gasteiger partial charge >= 0.3 is 0 Å². The van der Waals surface area contributed by atoms with Crippen LogP contribution in [0, 0.1) is 0 Å². The van der Waals surface area contributed by atoms with Gasteiger partial charge < -0.3 is 20.7 Å². The number of rotatable bonds is 7. The van der Waals surface area contributed by atoms with Crippen molar-refractivity contribution in [2.24, 2.45) is 5.73 Å². The fourth-order valence-corrected chi connectivity index (χ4v) is 1.95. The molecule has 0 saturated heterocycles. The highest BCUT2D eigenvalue weighted by Gasteiger charge is 2.22. The molecular formula is C17H21NO3. The summed E-state index contributed by atoms with van der Waals surface area (Å²) in [6.07, 6.45) is 1.22. The van der Waals surface area contributed by atoms with Crippen molar-refractivity contribution in [3.8, 4) is 11.5 Å². The third kappa shape index (κ3) is 4.56. The van der Waals surface area contributed by atoms with Gasteiger partial charge in [0.15, 0.2) is 0 Å². The molecule has 0 saturated carbocycles. The van der Waals surface area contributed by atoms with Crippen LogP contribution in [0.2, 0.25) is 0 Å². The maximum absolute atomic E-state index is 9.17. The summed E-state index contributed by atoms with van der Waals surface area (Å²) >= 11 is 0. The zero-order chi connectivity index (χ0) is 15.1. The van der Waals surface area contributed by atoms with Crippen LogP contribution in [0.1, 0.15) is 12.0 Å². The third-order valence-corrected chi connectivity index (χ3v) is 3.44. The highest BCUT2D eigenvalue weighted by molar-refractivity contribution is 5.33. The van der Waals surface area contributed by atoms with E-state index in [1.807, 2.05) is 54.6 Å². The molecule has 2 rings (SSSR count). The molecule has 2 aromatic rings. The van der Waals surface area contributed by atoms with Gasteiger partial charge in [0.1, 0.15) is 11.5 Å². The smallest absolute Gasteiger partial charge is 0.127 e. The number of ether oxygens (including phenoxy) is 1. The molecule has 0 aromatic heterocycles. The van der Waals surface area contributed by atoms with Crippen LogP contribution in [0.25, 0.3) is 0 Å². The molecule has 0 atom stereocenters. The monoisotopic (exact) mass is 287 g/mol. The molecular weight excluding hydrogens is 266 g/mol. The summed E-state index contributed by atoms with van der Waals surface area (Å²) in [5.74, 6) is 1.57. The normalized spacial score (nSPS) is 11.4. The predicted molar refractivity (Wildman–Crippen MR) is 82.4 cm³/mol. The zero-order valence-corrected chi connectivity index (χ0v) is 11.9. The zero-order valence-electron chi connectivity index (χ0n) is 11.9. The molecule has 0 unspecified atom stereocenters. The minimum Gasteiger partial charge on any atom is -0.457 e. The van der Waals surface area contributed by atoms with Gasteiger partial charge in [-0.1, -0.05) is 30.3 Å². The summed E-state index contributed by atoms with van der Waals surface area (Å²) in [7, 11) is 0. The first kappa shape index (κ1) is 15.5. The van der Waals surface area contributed by atoms with Crippen molar-refractivity contribution >= 4 is 0 Å². The molecule has 0 amide bonds. The molecule has 0 bridgehead atoms. The third-order valence-electron chi connectivity index (χ3n) is 3.44. The van der Waals surface area contributed by atoms with Gasteiger partial charge in [-0.3, -0.25) is 0 Å². The summed E-state index contributed by atoms with van der Waals surface area (Å²) < 4.78 is 5.72. The summed E-state index contributed by atoms with van der Waals surface area (Å²) in [5.41, 5.74) is 6.02.